The average Bonchev–Trinajstić information content (AvgIpc) is 3.58. The predicted molar refractivity (Wildman–Crippen MR) is 145 cm³/mol. The molecule has 0 aliphatic carbocycles. The average molecular weight is 513 g/mol. The Morgan fingerprint density at radius 1 is 1.11 bits per heavy atom. The van der Waals surface area contributed by atoms with E-state index >= 15 is 0 Å². The maximum atomic E-state index is 13.2. The summed E-state index contributed by atoms with van der Waals surface area (Å²) < 4.78 is 12.8. The molecule has 3 heterocycles. The summed E-state index contributed by atoms with van der Waals surface area (Å²) in [5.74, 6) is 2.34. The number of H-pyrrole nitrogens is 1. The molecule has 9 heteroatoms. The second-order valence-electron chi connectivity index (χ2n) is 9.62. The van der Waals surface area contributed by atoms with E-state index in [0.29, 0.717) is 25.2 Å². The topological polar surface area (TPSA) is 102 Å². The zero-order valence-electron chi connectivity index (χ0n) is 22.1. The van der Waals surface area contributed by atoms with Gasteiger partial charge in [0.2, 0.25) is 0 Å². The fourth-order valence-corrected chi connectivity index (χ4v) is 5.02. The number of benzene rings is 2. The molecule has 0 unspecified atom stereocenters. The van der Waals surface area contributed by atoms with Crippen molar-refractivity contribution in [3.05, 3.63) is 105 Å². The molecule has 0 aliphatic heterocycles. The summed E-state index contributed by atoms with van der Waals surface area (Å²) in [6, 6.07) is 17.7. The first-order valence-corrected chi connectivity index (χ1v) is 12.7. The summed E-state index contributed by atoms with van der Waals surface area (Å²) in [4.78, 5) is 18.5. The van der Waals surface area contributed by atoms with Crippen LogP contribution in [-0.2, 0) is 19.6 Å². The van der Waals surface area contributed by atoms with Crippen molar-refractivity contribution in [2.75, 3.05) is 7.11 Å². The van der Waals surface area contributed by atoms with Crippen LogP contribution in [0.4, 0.5) is 0 Å². The van der Waals surface area contributed by atoms with E-state index in [1.807, 2.05) is 54.1 Å². The summed E-state index contributed by atoms with van der Waals surface area (Å²) >= 11 is 0. The highest BCUT2D eigenvalue weighted by molar-refractivity contribution is 5.82. The molecule has 5 rings (SSSR count). The van der Waals surface area contributed by atoms with Gasteiger partial charge in [0.25, 0.3) is 5.56 Å². The van der Waals surface area contributed by atoms with Crippen LogP contribution in [0.25, 0.3) is 10.9 Å². The minimum Gasteiger partial charge on any atom is -0.497 e. The normalized spacial score (nSPS) is 12.3. The smallest absolute Gasteiger partial charge is 0.252 e. The van der Waals surface area contributed by atoms with Gasteiger partial charge in [0, 0.05) is 12.1 Å². The number of aromatic amines is 1. The van der Waals surface area contributed by atoms with Gasteiger partial charge in [-0.25, -0.2) is 4.68 Å². The number of aromatic nitrogens is 5. The number of nitrogens with zero attached hydrogens (tertiary/aromatic N) is 5. The van der Waals surface area contributed by atoms with Gasteiger partial charge in [0.05, 0.1) is 38.0 Å². The largest absolute Gasteiger partial charge is 0.497 e. The molecule has 0 amide bonds. The molecular formula is C29H32N6O3. The Labute approximate surface area is 221 Å². The molecule has 5 aromatic rings. The molecule has 1 atom stereocenters. The van der Waals surface area contributed by atoms with E-state index in [4.69, 9.17) is 9.15 Å². The van der Waals surface area contributed by atoms with Crippen LogP contribution in [-0.4, -0.2) is 37.2 Å². The molecule has 0 saturated carbocycles. The summed E-state index contributed by atoms with van der Waals surface area (Å²) in [7, 11) is 1.65. The number of hydrogen-bond donors (Lipinski definition) is 1. The predicted octanol–water partition coefficient (Wildman–Crippen LogP) is 4.93. The van der Waals surface area contributed by atoms with Gasteiger partial charge in [-0.2, -0.15) is 0 Å². The van der Waals surface area contributed by atoms with Crippen LogP contribution >= 0.6 is 0 Å². The molecule has 0 bridgehead atoms. The zero-order chi connectivity index (χ0) is 26.6. The van der Waals surface area contributed by atoms with Crippen LogP contribution in [0, 0.1) is 13.8 Å². The third-order valence-corrected chi connectivity index (χ3v) is 6.86. The minimum atomic E-state index is -0.150. The molecule has 2 aromatic carbocycles. The first kappa shape index (κ1) is 25.4. The van der Waals surface area contributed by atoms with Gasteiger partial charge in [-0.3, -0.25) is 9.69 Å². The Bertz CT molecular complexity index is 1570. The van der Waals surface area contributed by atoms with Crippen LogP contribution in [0.15, 0.2) is 70.1 Å². The zero-order valence-corrected chi connectivity index (χ0v) is 22.1. The Morgan fingerprint density at radius 3 is 2.63 bits per heavy atom. The Kier molecular flexibility index (Phi) is 7.37. The number of hydrogen-bond acceptors (Lipinski definition) is 7. The van der Waals surface area contributed by atoms with E-state index in [-0.39, 0.29) is 11.6 Å². The SMILES string of the molecule is CC[C@@H](c1nnnn1Cc1ccc(OC)cc1)N(Cc1ccco1)Cc1cc2cc(C)cc(C)c2[nH]c1=O. The van der Waals surface area contributed by atoms with E-state index in [0.717, 1.165) is 51.3 Å². The third kappa shape index (κ3) is 5.38. The van der Waals surface area contributed by atoms with E-state index < -0.39 is 0 Å². The molecule has 38 heavy (non-hydrogen) atoms. The number of pyridine rings is 1. The minimum absolute atomic E-state index is 0.0958. The Balaban J connectivity index is 1.50. The Hall–Kier alpha value is -4.24. The van der Waals surface area contributed by atoms with Crippen molar-refractivity contribution in [3.8, 4) is 5.75 Å². The number of nitrogens with one attached hydrogen (secondary N) is 1. The van der Waals surface area contributed by atoms with Gasteiger partial charge < -0.3 is 14.1 Å². The Morgan fingerprint density at radius 2 is 1.92 bits per heavy atom. The lowest BCUT2D eigenvalue weighted by atomic mass is 10.0. The maximum absolute atomic E-state index is 13.2. The lowest BCUT2D eigenvalue weighted by Crippen LogP contribution is -2.32. The highest BCUT2D eigenvalue weighted by atomic mass is 16.5. The molecule has 9 nitrogen and oxygen atoms in total. The number of aryl methyl sites for hydroxylation is 2. The molecule has 3 aromatic heterocycles. The number of tetrazole rings is 1. The second kappa shape index (κ2) is 11.0. The third-order valence-electron chi connectivity index (χ3n) is 6.86. The lowest BCUT2D eigenvalue weighted by Gasteiger charge is -2.29. The van der Waals surface area contributed by atoms with E-state index in [9.17, 15) is 4.79 Å². The molecular weight excluding hydrogens is 480 g/mol. The fraction of sp³-hybridized carbons (Fsp3) is 0.310. The van der Waals surface area contributed by atoms with Gasteiger partial charge in [-0.05, 0) is 83.6 Å². The van der Waals surface area contributed by atoms with Gasteiger partial charge in [-0.15, -0.1) is 5.10 Å². The summed E-state index contributed by atoms with van der Waals surface area (Å²) in [5.41, 5.74) is 4.73. The van der Waals surface area contributed by atoms with Gasteiger partial charge in [0.1, 0.15) is 11.5 Å². The van der Waals surface area contributed by atoms with Crippen LogP contribution in [0.2, 0.25) is 0 Å². The highest BCUT2D eigenvalue weighted by Crippen LogP contribution is 2.27. The quantitative estimate of drug-likeness (QED) is 0.283. The molecule has 0 saturated heterocycles. The van der Waals surface area contributed by atoms with E-state index in [1.54, 1.807) is 13.4 Å². The first-order valence-electron chi connectivity index (χ1n) is 12.7. The van der Waals surface area contributed by atoms with Crippen molar-refractivity contribution in [2.45, 2.75) is 52.9 Å². The summed E-state index contributed by atoms with van der Waals surface area (Å²) in [6.45, 7) is 7.62. The van der Waals surface area contributed by atoms with Gasteiger partial charge in [-0.1, -0.05) is 30.7 Å². The molecule has 0 spiro atoms. The highest BCUT2D eigenvalue weighted by Gasteiger charge is 2.27. The monoisotopic (exact) mass is 512 g/mol. The van der Waals surface area contributed by atoms with Gasteiger partial charge >= 0.3 is 0 Å². The molecule has 1 N–H and O–H groups in total. The van der Waals surface area contributed by atoms with Crippen LogP contribution < -0.4 is 10.3 Å². The summed E-state index contributed by atoms with van der Waals surface area (Å²) in [6.07, 6.45) is 2.41. The van der Waals surface area contributed by atoms with Crippen LogP contribution in [0.5, 0.6) is 5.75 Å². The number of ether oxygens (including phenoxy) is 1. The van der Waals surface area contributed by atoms with Gasteiger partial charge in [0.15, 0.2) is 5.82 Å². The van der Waals surface area contributed by atoms with Crippen molar-refractivity contribution < 1.29 is 9.15 Å². The van der Waals surface area contributed by atoms with E-state index in [2.05, 4.69) is 51.4 Å². The number of rotatable bonds is 10. The maximum Gasteiger partial charge on any atom is 0.252 e. The second-order valence-corrected chi connectivity index (χ2v) is 9.62. The van der Waals surface area contributed by atoms with Crippen LogP contribution in [0.3, 0.4) is 0 Å². The van der Waals surface area contributed by atoms with Crippen molar-refractivity contribution in [1.82, 2.24) is 30.1 Å². The number of furan rings is 1. The standard InChI is InChI=1S/C29H32N6O3/c1-5-26(28-31-32-33-35(28)16-21-8-10-24(37-4)11-9-21)34(18-25-7-6-12-38-25)17-23-15-22-14-19(2)13-20(3)27(22)30-29(23)36/h6-15,26H,5,16-18H2,1-4H3,(H,30,36)/t26-/m0/s1. The fourth-order valence-electron chi connectivity index (χ4n) is 5.02. The van der Waals surface area contributed by atoms with Crippen molar-refractivity contribution in [1.29, 1.82) is 0 Å². The lowest BCUT2D eigenvalue weighted by molar-refractivity contribution is 0.149. The van der Waals surface area contributed by atoms with Crippen LogP contribution in [0.1, 0.15) is 53.2 Å². The number of fused-ring (bicyclic) bond motifs is 1. The first-order chi connectivity index (χ1) is 18.4. The van der Waals surface area contributed by atoms with Crippen molar-refractivity contribution in [2.24, 2.45) is 0 Å². The molecule has 0 fully saturated rings. The van der Waals surface area contributed by atoms with E-state index in [1.165, 1.54) is 0 Å². The molecule has 0 radical (unpaired) electrons. The molecule has 0 aliphatic rings. The number of methoxy groups -OCH3 is 1. The van der Waals surface area contributed by atoms with Crippen molar-refractivity contribution >= 4 is 10.9 Å². The molecule has 196 valence electrons. The van der Waals surface area contributed by atoms with Crippen molar-refractivity contribution in [3.63, 3.8) is 0 Å². The summed E-state index contributed by atoms with van der Waals surface area (Å²) in [5, 5.41) is 13.7.